The molecule has 8 heteroatoms. The highest BCUT2D eigenvalue weighted by atomic mass is 16.5. The van der Waals surface area contributed by atoms with Crippen LogP contribution < -0.4 is 10.2 Å². The number of likely N-dealkylation sites (tertiary alicyclic amines) is 1. The number of para-hydroxylation sites is 2. The third kappa shape index (κ3) is 4.45. The van der Waals surface area contributed by atoms with E-state index in [9.17, 15) is 19.2 Å². The number of hydrogen-bond donors (Lipinski definition) is 1. The molecule has 0 saturated carbocycles. The lowest BCUT2D eigenvalue weighted by molar-refractivity contribution is -0.157. The van der Waals surface area contributed by atoms with Crippen LogP contribution in [0.1, 0.15) is 32.6 Å². The lowest BCUT2D eigenvalue weighted by atomic mass is 10.1. The Bertz CT molecular complexity index is 763. The summed E-state index contributed by atoms with van der Waals surface area (Å²) >= 11 is 0. The number of ether oxygens (including phenoxy) is 1. The summed E-state index contributed by atoms with van der Waals surface area (Å²) in [5, 5.41) is 2.70. The van der Waals surface area contributed by atoms with Gasteiger partial charge in [0.1, 0.15) is 13.1 Å². The molecule has 144 valence electrons. The fraction of sp³-hybridized carbons (Fsp3) is 0.474. The smallest absolute Gasteiger partial charge is 0.326 e. The molecule has 1 aromatic carbocycles. The van der Waals surface area contributed by atoms with Crippen molar-refractivity contribution >= 4 is 35.1 Å². The standard InChI is InChI=1S/C19H23N3O5/c1-13(27-18(25)12-21-10-6-2-3-9-17(21)24)19(26)22-11-16(23)20-14-7-4-5-8-15(14)22/h4-5,7-8,13H,2-3,6,9-12H2,1H3,(H,20,23)/t13-/m0/s1. The minimum absolute atomic E-state index is 0.0648. The van der Waals surface area contributed by atoms with Crippen molar-refractivity contribution in [1.29, 1.82) is 0 Å². The number of benzene rings is 1. The van der Waals surface area contributed by atoms with Crippen LogP contribution in [0.15, 0.2) is 24.3 Å². The first-order chi connectivity index (χ1) is 13.0. The zero-order chi connectivity index (χ0) is 19.4. The number of esters is 1. The molecule has 3 rings (SSSR count). The molecule has 0 bridgehead atoms. The van der Waals surface area contributed by atoms with Gasteiger partial charge in [0.25, 0.3) is 5.91 Å². The molecule has 27 heavy (non-hydrogen) atoms. The van der Waals surface area contributed by atoms with Gasteiger partial charge < -0.3 is 15.0 Å². The van der Waals surface area contributed by atoms with Gasteiger partial charge in [-0.05, 0) is 31.9 Å². The molecule has 1 N–H and O–H groups in total. The minimum atomic E-state index is -1.06. The Morgan fingerprint density at radius 3 is 2.78 bits per heavy atom. The van der Waals surface area contributed by atoms with Gasteiger partial charge in [-0.3, -0.25) is 24.1 Å². The average Bonchev–Trinajstić information content (AvgIpc) is 2.84. The van der Waals surface area contributed by atoms with Gasteiger partial charge in [0.15, 0.2) is 6.10 Å². The molecule has 2 aliphatic heterocycles. The molecule has 1 atom stereocenters. The number of fused-ring (bicyclic) bond motifs is 1. The highest BCUT2D eigenvalue weighted by molar-refractivity contribution is 6.11. The van der Waals surface area contributed by atoms with Crippen LogP contribution in [0.4, 0.5) is 11.4 Å². The number of anilines is 2. The quantitative estimate of drug-likeness (QED) is 0.803. The highest BCUT2D eigenvalue weighted by Crippen LogP contribution is 2.29. The number of hydrogen-bond acceptors (Lipinski definition) is 5. The summed E-state index contributed by atoms with van der Waals surface area (Å²) < 4.78 is 5.25. The Morgan fingerprint density at radius 1 is 1.19 bits per heavy atom. The van der Waals surface area contributed by atoms with Crippen molar-refractivity contribution in [1.82, 2.24) is 4.90 Å². The molecule has 0 aliphatic carbocycles. The maximum absolute atomic E-state index is 12.7. The second-order valence-corrected chi connectivity index (χ2v) is 6.75. The van der Waals surface area contributed by atoms with E-state index >= 15 is 0 Å². The summed E-state index contributed by atoms with van der Waals surface area (Å²) in [5.74, 6) is -1.48. The van der Waals surface area contributed by atoms with E-state index in [0.717, 1.165) is 19.3 Å². The van der Waals surface area contributed by atoms with Gasteiger partial charge in [-0.1, -0.05) is 18.6 Å². The van der Waals surface area contributed by atoms with E-state index in [1.165, 1.54) is 16.7 Å². The summed E-state index contributed by atoms with van der Waals surface area (Å²) in [4.78, 5) is 51.6. The fourth-order valence-electron chi connectivity index (χ4n) is 3.30. The van der Waals surface area contributed by atoms with E-state index in [2.05, 4.69) is 5.32 Å². The normalized spacial score (nSPS) is 18.3. The van der Waals surface area contributed by atoms with Crippen molar-refractivity contribution in [2.24, 2.45) is 0 Å². The summed E-state index contributed by atoms with van der Waals surface area (Å²) in [6.07, 6.45) is 2.02. The maximum Gasteiger partial charge on any atom is 0.326 e. The van der Waals surface area contributed by atoms with E-state index in [-0.39, 0.29) is 24.9 Å². The summed E-state index contributed by atoms with van der Waals surface area (Å²) in [6, 6.07) is 6.94. The van der Waals surface area contributed by atoms with Crippen LogP contribution in [0.5, 0.6) is 0 Å². The zero-order valence-electron chi connectivity index (χ0n) is 15.3. The number of nitrogens with zero attached hydrogens (tertiary/aromatic N) is 2. The van der Waals surface area contributed by atoms with E-state index in [1.54, 1.807) is 24.3 Å². The maximum atomic E-state index is 12.7. The Labute approximate surface area is 157 Å². The second kappa shape index (κ2) is 8.20. The molecule has 1 aromatic rings. The van der Waals surface area contributed by atoms with Crippen LogP contribution in [0.3, 0.4) is 0 Å². The van der Waals surface area contributed by atoms with Gasteiger partial charge in [-0.25, -0.2) is 0 Å². The average molecular weight is 373 g/mol. The predicted molar refractivity (Wildman–Crippen MR) is 98.0 cm³/mol. The molecule has 2 aliphatic rings. The van der Waals surface area contributed by atoms with E-state index in [0.29, 0.717) is 24.3 Å². The third-order valence-corrected chi connectivity index (χ3v) is 4.68. The number of carbonyl (C=O) groups excluding carboxylic acids is 4. The molecule has 0 radical (unpaired) electrons. The van der Waals surface area contributed by atoms with Crippen molar-refractivity contribution in [3.05, 3.63) is 24.3 Å². The topological polar surface area (TPSA) is 96.0 Å². The summed E-state index contributed by atoms with van der Waals surface area (Å²) in [7, 11) is 0. The first-order valence-corrected chi connectivity index (χ1v) is 9.13. The van der Waals surface area contributed by atoms with Crippen LogP contribution in [-0.2, 0) is 23.9 Å². The van der Waals surface area contributed by atoms with E-state index in [4.69, 9.17) is 4.74 Å². The first kappa shape index (κ1) is 18.9. The second-order valence-electron chi connectivity index (χ2n) is 6.75. The molecule has 0 spiro atoms. The van der Waals surface area contributed by atoms with Crippen molar-refractivity contribution in [2.75, 3.05) is 29.9 Å². The number of amides is 3. The Kier molecular flexibility index (Phi) is 5.73. The van der Waals surface area contributed by atoms with Crippen LogP contribution in [0.2, 0.25) is 0 Å². The third-order valence-electron chi connectivity index (χ3n) is 4.68. The van der Waals surface area contributed by atoms with E-state index in [1.807, 2.05) is 0 Å². The van der Waals surface area contributed by atoms with Crippen molar-refractivity contribution in [3.8, 4) is 0 Å². The van der Waals surface area contributed by atoms with Crippen LogP contribution in [0, 0.1) is 0 Å². The molecular weight excluding hydrogens is 350 g/mol. The Hall–Kier alpha value is -2.90. The SMILES string of the molecule is C[C@H](OC(=O)CN1CCCCCC1=O)C(=O)N1CC(=O)Nc2ccccc21. The van der Waals surface area contributed by atoms with Gasteiger partial charge in [0.05, 0.1) is 11.4 Å². The van der Waals surface area contributed by atoms with Gasteiger partial charge in [-0.15, -0.1) is 0 Å². The molecule has 8 nitrogen and oxygen atoms in total. The van der Waals surface area contributed by atoms with Crippen LogP contribution >= 0.6 is 0 Å². The number of carbonyl (C=O) groups is 4. The monoisotopic (exact) mass is 373 g/mol. The van der Waals surface area contributed by atoms with Gasteiger partial charge in [0.2, 0.25) is 11.8 Å². The molecule has 0 unspecified atom stereocenters. The summed E-state index contributed by atoms with van der Waals surface area (Å²) in [6.45, 7) is 1.70. The van der Waals surface area contributed by atoms with Crippen molar-refractivity contribution < 1.29 is 23.9 Å². The minimum Gasteiger partial charge on any atom is -0.451 e. The predicted octanol–water partition coefficient (Wildman–Crippen LogP) is 1.31. The molecule has 3 amide bonds. The molecule has 1 saturated heterocycles. The Morgan fingerprint density at radius 2 is 1.96 bits per heavy atom. The van der Waals surface area contributed by atoms with Gasteiger partial charge in [0, 0.05) is 13.0 Å². The van der Waals surface area contributed by atoms with Gasteiger partial charge in [-0.2, -0.15) is 0 Å². The fourth-order valence-corrected chi connectivity index (χ4v) is 3.30. The highest BCUT2D eigenvalue weighted by Gasteiger charge is 2.31. The number of rotatable bonds is 4. The van der Waals surface area contributed by atoms with Crippen LogP contribution in [0.25, 0.3) is 0 Å². The van der Waals surface area contributed by atoms with E-state index < -0.39 is 18.0 Å². The Balaban J connectivity index is 1.63. The van der Waals surface area contributed by atoms with Crippen molar-refractivity contribution in [2.45, 2.75) is 38.7 Å². The molecule has 1 fully saturated rings. The lowest BCUT2D eigenvalue weighted by Gasteiger charge is -2.31. The summed E-state index contributed by atoms with van der Waals surface area (Å²) in [5.41, 5.74) is 1.10. The largest absolute Gasteiger partial charge is 0.451 e. The lowest BCUT2D eigenvalue weighted by Crippen LogP contribution is -2.47. The van der Waals surface area contributed by atoms with Crippen molar-refractivity contribution in [3.63, 3.8) is 0 Å². The molecule has 0 aromatic heterocycles. The van der Waals surface area contributed by atoms with Crippen LogP contribution in [-0.4, -0.2) is 54.3 Å². The number of nitrogens with one attached hydrogen (secondary N) is 1. The first-order valence-electron chi connectivity index (χ1n) is 9.13. The zero-order valence-corrected chi connectivity index (χ0v) is 15.3. The molecule has 2 heterocycles. The molecular formula is C19H23N3O5. The van der Waals surface area contributed by atoms with Gasteiger partial charge >= 0.3 is 5.97 Å².